The van der Waals surface area contributed by atoms with E-state index >= 15 is 0 Å². The summed E-state index contributed by atoms with van der Waals surface area (Å²) in [5.41, 5.74) is 1.85. The van der Waals surface area contributed by atoms with E-state index in [0.717, 1.165) is 42.3 Å². The zero-order valence-corrected chi connectivity index (χ0v) is 16.0. The Kier molecular flexibility index (Phi) is 5.72. The first-order valence-corrected chi connectivity index (χ1v) is 9.38. The van der Waals surface area contributed by atoms with Crippen LogP contribution in [0, 0.1) is 5.92 Å². The van der Waals surface area contributed by atoms with Gasteiger partial charge in [-0.15, -0.1) is 0 Å². The van der Waals surface area contributed by atoms with Crippen molar-refractivity contribution in [2.45, 2.75) is 25.4 Å². The van der Waals surface area contributed by atoms with Crippen LogP contribution in [0.3, 0.4) is 0 Å². The van der Waals surface area contributed by atoms with E-state index in [4.69, 9.17) is 0 Å². The van der Waals surface area contributed by atoms with Gasteiger partial charge in [0.05, 0.1) is 13.1 Å². The standard InChI is InChI=1S/C20H26N4O3/c1-14(17-18(25)22(2)20(27)23(3)19(17)26)21-16-9-11-24(12-10-16)13-15-7-5-4-6-8-15/h4-8,16-17,21H,1,9-13H2,2-3H3/p+2. The second-order valence-corrected chi connectivity index (χ2v) is 7.50. The molecule has 2 saturated heterocycles. The molecule has 0 spiro atoms. The van der Waals surface area contributed by atoms with Crippen molar-refractivity contribution in [3.63, 3.8) is 0 Å². The molecule has 1 aromatic rings. The van der Waals surface area contributed by atoms with Crippen LogP contribution in [0.4, 0.5) is 4.79 Å². The lowest BCUT2D eigenvalue weighted by Gasteiger charge is -2.34. The normalized spacial score (nSPS) is 24.4. The topological polar surface area (TPSA) is 78.7 Å². The van der Waals surface area contributed by atoms with Gasteiger partial charge in [0, 0.05) is 32.5 Å². The molecule has 0 unspecified atom stereocenters. The van der Waals surface area contributed by atoms with Crippen LogP contribution in [0.15, 0.2) is 42.6 Å². The summed E-state index contributed by atoms with van der Waals surface area (Å²) >= 11 is 0. The molecule has 0 bridgehead atoms. The lowest BCUT2D eigenvalue weighted by atomic mass is 9.97. The van der Waals surface area contributed by atoms with Crippen molar-refractivity contribution in [3.8, 4) is 0 Å². The van der Waals surface area contributed by atoms with Crippen molar-refractivity contribution in [2.24, 2.45) is 5.92 Å². The Morgan fingerprint density at radius 3 is 2.19 bits per heavy atom. The molecule has 7 heteroatoms. The van der Waals surface area contributed by atoms with Crippen LogP contribution in [-0.4, -0.2) is 60.9 Å². The molecule has 0 aliphatic carbocycles. The molecule has 1 aromatic carbocycles. The Labute approximate surface area is 159 Å². The zero-order chi connectivity index (χ0) is 19.6. The van der Waals surface area contributed by atoms with Gasteiger partial charge in [0.15, 0.2) is 5.92 Å². The maximum Gasteiger partial charge on any atom is 0.332 e. The van der Waals surface area contributed by atoms with Gasteiger partial charge in [-0.25, -0.2) is 4.79 Å². The predicted octanol–water partition coefficient (Wildman–Crippen LogP) is -1.02. The number of amides is 4. The number of nitrogens with one attached hydrogen (secondary N) is 1. The third kappa shape index (κ3) is 4.09. The zero-order valence-electron chi connectivity index (χ0n) is 16.0. The summed E-state index contributed by atoms with van der Waals surface area (Å²) in [6, 6.07) is 10.2. The van der Waals surface area contributed by atoms with Crippen LogP contribution in [0.5, 0.6) is 0 Å². The molecule has 2 fully saturated rings. The third-order valence-electron chi connectivity index (χ3n) is 5.58. The van der Waals surface area contributed by atoms with Crippen molar-refractivity contribution in [1.29, 1.82) is 0 Å². The summed E-state index contributed by atoms with van der Waals surface area (Å²) in [7, 11) is 2.80. The summed E-state index contributed by atoms with van der Waals surface area (Å²) in [6.07, 6.45) is 2.00. The number of imide groups is 2. The molecule has 4 amide bonds. The second-order valence-electron chi connectivity index (χ2n) is 7.50. The first kappa shape index (κ1) is 19.3. The quantitative estimate of drug-likeness (QED) is 0.650. The van der Waals surface area contributed by atoms with Gasteiger partial charge < -0.3 is 10.2 Å². The van der Waals surface area contributed by atoms with Gasteiger partial charge in [-0.2, -0.15) is 0 Å². The van der Waals surface area contributed by atoms with Gasteiger partial charge in [-0.1, -0.05) is 30.3 Å². The highest BCUT2D eigenvalue weighted by atomic mass is 16.2. The SMILES string of the molecule is C=C([NH2+]C1CC[NH+](Cc2ccccc2)CC1)C1C(=O)N(C)C(=O)N(C)C1=O. The molecule has 144 valence electrons. The lowest BCUT2D eigenvalue weighted by molar-refractivity contribution is -0.925. The first-order chi connectivity index (χ1) is 12.9. The van der Waals surface area contributed by atoms with Crippen LogP contribution in [-0.2, 0) is 16.1 Å². The van der Waals surface area contributed by atoms with E-state index in [2.05, 4.69) is 30.8 Å². The average Bonchev–Trinajstić information content (AvgIpc) is 2.67. The molecule has 27 heavy (non-hydrogen) atoms. The Bertz CT molecular complexity index is 717. The molecule has 2 heterocycles. The highest BCUT2D eigenvalue weighted by Crippen LogP contribution is 2.18. The van der Waals surface area contributed by atoms with Gasteiger partial charge in [0.25, 0.3) is 11.8 Å². The van der Waals surface area contributed by atoms with Gasteiger partial charge in [-0.05, 0) is 6.58 Å². The summed E-state index contributed by atoms with van der Waals surface area (Å²) in [6.45, 7) is 7.10. The Morgan fingerprint density at radius 1 is 1.07 bits per heavy atom. The number of nitrogens with two attached hydrogens (primary N) is 1. The smallest absolute Gasteiger partial charge is 0.331 e. The van der Waals surface area contributed by atoms with E-state index in [1.807, 2.05) is 11.4 Å². The number of carbonyl (C=O) groups is 3. The molecule has 3 rings (SSSR count). The van der Waals surface area contributed by atoms with Crippen LogP contribution in [0.2, 0.25) is 0 Å². The number of hydrogen-bond acceptors (Lipinski definition) is 3. The maximum atomic E-state index is 12.4. The van der Waals surface area contributed by atoms with E-state index in [1.54, 1.807) is 4.90 Å². The van der Waals surface area contributed by atoms with Crippen molar-refractivity contribution < 1.29 is 24.6 Å². The van der Waals surface area contributed by atoms with Crippen LogP contribution in [0.1, 0.15) is 18.4 Å². The van der Waals surface area contributed by atoms with Gasteiger partial charge >= 0.3 is 6.03 Å². The predicted molar refractivity (Wildman–Crippen MR) is 99.4 cm³/mol. The van der Waals surface area contributed by atoms with Gasteiger partial charge in [-0.3, -0.25) is 19.4 Å². The number of likely N-dealkylation sites (tertiary alicyclic amines) is 1. The number of barbiturate groups is 1. The molecule has 2 aliphatic heterocycles. The highest BCUT2D eigenvalue weighted by Gasteiger charge is 2.46. The van der Waals surface area contributed by atoms with Gasteiger partial charge in [0.1, 0.15) is 18.3 Å². The van der Waals surface area contributed by atoms with Crippen molar-refractivity contribution >= 4 is 17.8 Å². The minimum absolute atomic E-state index is 0.311. The minimum Gasteiger partial charge on any atom is -0.331 e. The maximum absolute atomic E-state index is 12.4. The molecule has 0 aromatic heterocycles. The molecular formula is C20H28N4O3+2. The number of piperidine rings is 1. The summed E-state index contributed by atoms with van der Waals surface area (Å²) < 4.78 is 0. The fraction of sp³-hybridized carbons (Fsp3) is 0.450. The first-order valence-electron chi connectivity index (χ1n) is 9.38. The molecule has 2 aliphatic rings. The fourth-order valence-corrected chi connectivity index (χ4v) is 3.90. The Balaban J connectivity index is 1.54. The van der Waals surface area contributed by atoms with Crippen molar-refractivity contribution in [2.75, 3.05) is 27.2 Å². The largest absolute Gasteiger partial charge is 0.332 e. The number of carbonyl (C=O) groups excluding carboxylic acids is 3. The van der Waals surface area contributed by atoms with E-state index < -0.39 is 23.8 Å². The highest BCUT2D eigenvalue weighted by molar-refractivity contribution is 6.17. The van der Waals surface area contributed by atoms with Crippen molar-refractivity contribution in [3.05, 3.63) is 48.2 Å². The van der Waals surface area contributed by atoms with Gasteiger partial charge in [0.2, 0.25) is 0 Å². The number of hydrogen-bond donors (Lipinski definition) is 2. The Hall–Kier alpha value is -2.51. The molecule has 0 radical (unpaired) electrons. The molecule has 7 nitrogen and oxygen atoms in total. The second kappa shape index (κ2) is 8.02. The number of nitrogens with zero attached hydrogens (tertiary/aromatic N) is 2. The molecular weight excluding hydrogens is 344 g/mol. The number of quaternary nitrogens is 2. The number of urea groups is 1. The summed E-state index contributed by atoms with van der Waals surface area (Å²) in [5, 5.41) is 1.97. The lowest BCUT2D eigenvalue weighted by Crippen LogP contribution is -3.13. The van der Waals surface area contributed by atoms with Crippen LogP contribution in [0.25, 0.3) is 0 Å². The molecule has 0 saturated carbocycles. The van der Waals surface area contributed by atoms with E-state index in [0.29, 0.717) is 11.7 Å². The van der Waals surface area contributed by atoms with Crippen LogP contribution < -0.4 is 10.2 Å². The van der Waals surface area contributed by atoms with Crippen LogP contribution >= 0.6 is 0 Å². The van der Waals surface area contributed by atoms with Crippen molar-refractivity contribution in [1.82, 2.24) is 9.80 Å². The fourth-order valence-electron chi connectivity index (χ4n) is 3.90. The van der Waals surface area contributed by atoms with E-state index in [-0.39, 0.29) is 0 Å². The van der Waals surface area contributed by atoms with E-state index in [9.17, 15) is 14.4 Å². The number of rotatable bonds is 5. The third-order valence-corrected chi connectivity index (χ3v) is 5.58. The summed E-state index contributed by atoms with van der Waals surface area (Å²) in [5.74, 6) is -1.96. The monoisotopic (exact) mass is 372 g/mol. The molecule has 3 N–H and O–H groups in total. The summed E-state index contributed by atoms with van der Waals surface area (Å²) in [4.78, 5) is 40.2. The Morgan fingerprint density at radius 2 is 1.63 bits per heavy atom. The number of benzene rings is 1. The molecule has 0 atom stereocenters. The van der Waals surface area contributed by atoms with E-state index in [1.165, 1.54) is 19.7 Å². The average molecular weight is 372 g/mol. The minimum atomic E-state index is -0.979.